The molecule has 0 unspecified atom stereocenters. The summed E-state index contributed by atoms with van der Waals surface area (Å²) in [4.78, 5) is 0. The van der Waals surface area contributed by atoms with Crippen LogP contribution in [0, 0.1) is 12.8 Å². The van der Waals surface area contributed by atoms with Crippen molar-refractivity contribution in [2.45, 2.75) is 78.1 Å². The lowest BCUT2D eigenvalue weighted by Crippen LogP contribution is -1.99. The molecular formula is C14H29. The summed E-state index contributed by atoms with van der Waals surface area (Å²) in [6.07, 6.45) is 13.8. The van der Waals surface area contributed by atoms with Crippen molar-refractivity contribution in [2.75, 3.05) is 0 Å². The van der Waals surface area contributed by atoms with Crippen LogP contribution >= 0.6 is 0 Å². The first kappa shape index (κ1) is 14.0. The predicted octanol–water partition coefficient (Wildman–Crippen LogP) is 5.38. The van der Waals surface area contributed by atoms with Crippen LogP contribution in [0.2, 0.25) is 0 Å². The van der Waals surface area contributed by atoms with E-state index < -0.39 is 0 Å². The molecule has 0 aromatic rings. The molecule has 0 aromatic heterocycles. The van der Waals surface area contributed by atoms with Crippen LogP contribution in [0.15, 0.2) is 0 Å². The largest absolute Gasteiger partial charge is 0.0654 e. The summed E-state index contributed by atoms with van der Waals surface area (Å²) in [5.41, 5.74) is 0. The fourth-order valence-corrected chi connectivity index (χ4v) is 2.21. The molecule has 14 heavy (non-hydrogen) atoms. The zero-order valence-electron chi connectivity index (χ0n) is 10.4. The van der Waals surface area contributed by atoms with Crippen molar-refractivity contribution < 1.29 is 0 Å². The summed E-state index contributed by atoms with van der Waals surface area (Å²) in [6.45, 7) is 8.50. The third-order valence-electron chi connectivity index (χ3n) is 3.01. The smallest absolute Gasteiger partial charge is 0.0414 e. The molecule has 0 atom stereocenters. The first-order valence-electron chi connectivity index (χ1n) is 6.64. The van der Waals surface area contributed by atoms with Gasteiger partial charge in [-0.1, -0.05) is 85.0 Å². The normalized spacial score (nSPS) is 11.1. The monoisotopic (exact) mass is 197 g/mol. The quantitative estimate of drug-likeness (QED) is 0.413. The van der Waals surface area contributed by atoms with E-state index in [1.807, 2.05) is 0 Å². The highest BCUT2D eigenvalue weighted by Gasteiger charge is 2.05. The van der Waals surface area contributed by atoms with Crippen molar-refractivity contribution in [3.8, 4) is 0 Å². The SMILES string of the molecule is [CH2]CCCCCCC(CCC)CCC. The van der Waals surface area contributed by atoms with Crippen LogP contribution in [0.1, 0.15) is 78.1 Å². The second-order valence-electron chi connectivity index (χ2n) is 4.50. The van der Waals surface area contributed by atoms with Crippen LogP contribution in [0.4, 0.5) is 0 Å². The van der Waals surface area contributed by atoms with Crippen molar-refractivity contribution >= 4 is 0 Å². The molecule has 0 rings (SSSR count). The van der Waals surface area contributed by atoms with Gasteiger partial charge < -0.3 is 0 Å². The standard InChI is InChI=1S/C14H29/c1-4-7-8-9-10-13-14(11-5-2)12-6-3/h14H,1,4-13H2,2-3H3. The van der Waals surface area contributed by atoms with E-state index in [0.29, 0.717) is 0 Å². The van der Waals surface area contributed by atoms with Crippen molar-refractivity contribution in [3.05, 3.63) is 6.92 Å². The molecule has 0 spiro atoms. The summed E-state index contributed by atoms with van der Waals surface area (Å²) < 4.78 is 0. The van der Waals surface area contributed by atoms with Crippen molar-refractivity contribution in [2.24, 2.45) is 5.92 Å². The van der Waals surface area contributed by atoms with Crippen LogP contribution in [0.25, 0.3) is 0 Å². The van der Waals surface area contributed by atoms with Gasteiger partial charge in [-0.3, -0.25) is 0 Å². The van der Waals surface area contributed by atoms with E-state index in [1.54, 1.807) is 0 Å². The summed E-state index contributed by atoms with van der Waals surface area (Å²) in [7, 11) is 0. The average molecular weight is 197 g/mol. The van der Waals surface area contributed by atoms with Crippen LogP contribution in [-0.2, 0) is 0 Å². The molecular weight excluding hydrogens is 168 g/mol. The molecule has 0 aliphatic heterocycles. The third kappa shape index (κ3) is 8.59. The Morgan fingerprint density at radius 1 is 0.786 bits per heavy atom. The molecule has 1 radical (unpaired) electrons. The van der Waals surface area contributed by atoms with E-state index in [1.165, 1.54) is 57.8 Å². The highest BCUT2D eigenvalue weighted by atomic mass is 14.1. The van der Waals surface area contributed by atoms with Gasteiger partial charge in [0.1, 0.15) is 0 Å². The van der Waals surface area contributed by atoms with Crippen LogP contribution in [-0.4, -0.2) is 0 Å². The molecule has 0 heterocycles. The fourth-order valence-electron chi connectivity index (χ4n) is 2.21. The first-order valence-corrected chi connectivity index (χ1v) is 6.64. The van der Waals surface area contributed by atoms with Gasteiger partial charge in [0.2, 0.25) is 0 Å². The Labute approximate surface area is 91.5 Å². The summed E-state index contributed by atoms with van der Waals surface area (Å²) in [5.74, 6) is 1.02. The molecule has 0 aliphatic rings. The Kier molecular flexibility index (Phi) is 11.1. The van der Waals surface area contributed by atoms with Crippen molar-refractivity contribution in [1.29, 1.82) is 0 Å². The van der Waals surface area contributed by atoms with Crippen molar-refractivity contribution in [3.63, 3.8) is 0 Å². The molecule has 0 fully saturated rings. The molecule has 0 amide bonds. The molecule has 0 aliphatic carbocycles. The highest BCUT2D eigenvalue weighted by molar-refractivity contribution is 4.59. The van der Waals surface area contributed by atoms with Gasteiger partial charge >= 0.3 is 0 Å². The molecule has 85 valence electrons. The van der Waals surface area contributed by atoms with E-state index in [2.05, 4.69) is 20.8 Å². The van der Waals surface area contributed by atoms with Gasteiger partial charge in [0, 0.05) is 0 Å². The minimum atomic E-state index is 1.02. The fraction of sp³-hybridized carbons (Fsp3) is 0.929. The van der Waals surface area contributed by atoms with E-state index in [4.69, 9.17) is 0 Å². The van der Waals surface area contributed by atoms with Gasteiger partial charge in [-0.15, -0.1) is 0 Å². The molecule has 0 saturated carbocycles. The van der Waals surface area contributed by atoms with Gasteiger partial charge in [-0.25, -0.2) is 0 Å². The molecule has 0 N–H and O–H groups in total. The maximum absolute atomic E-state index is 3.88. The van der Waals surface area contributed by atoms with E-state index in [9.17, 15) is 0 Å². The minimum Gasteiger partial charge on any atom is -0.0654 e. The molecule has 0 aromatic carbocycles. The van der Waals surface area contributed by atoms with Gasteiger partial charge in [0.15, 0.2) is 0 Å². The number of unbranched alkanes of at least 4 members (excludes halogenated alkanes) is 4. The minimum absolute atomic E-state index is 1.02. The molecule has 0 bridgehead atoms. The molecule has 0 nitrogen and oxygen atoms in total. The Bertz CT molecular complexity index is 90.2. The topological polar surface area (TPSA) is 0 Å². The highest BCUT2D eigenvalue weighted by Crippen LogP contribution is 2.20. The van der Waals surface area contributed by atoms with Crippen LogP contribution < -0.4 is 0 Å². The van der Waals surface area contributed by atoms with Gasteiger partial charge in [-0.05, 0) is 5.92 Å². The summed E-state index contributed by atoms with van der Waals surface area (Å²) in [6, 6.07) is 0. The number of rotatable bonds is 10. The lowest BCUT2D eigenvalue weighted by molar-refractivity contribution is 0.391. The lowest BCUT2D eigenvalue weighted by atomic mass is 9.92. The summed E-state index contributed by atoms with van der Waals surface area (Å²) >= 11 is 0. The lowest BCUT2D eigenvalue weighted by Gasteiger charge is -2.14. The number of hydrogen-bond acceptors (Lipinski definition) is 0. The predicted molar refractivity (Wildman–Crippen MR) is 66.4 cm³/mol. The van der Waals surface area contributed by atoms with Crippen LogP contribution in [0.3, 0.4) is 0 Å². The Morgan fingerprint density at radius 2 is 1.36 bits per heavy atom. The maximum Gasteiger partial charge on any atom is -0.0414 e. The second kappa shape index (κ2) is 11.1. The third-order valence-corrected chi connectivity index (χ3v) is 3.01. The summed E-state index contributed by atoms with van der Waals surface area (Å²) in [5, 5.41) is 0. The zero-order chi connectivity index (χ0) is 10.6. The van der Waals surface area contributed by atoms with E-state index in [-0.39, 0.29) is 0 Å². The van der Waals surface area contributed by atoms with Gasteiger partial charge in [0.05, 0.1) is 0 Å². The first-order chi connectivity index (χ1) is 6.85. The van der Waals surface area contributed by atoms with E-state index in [0.717, 1.165) is 12.3 Å². The van der Waals surface area contributed by atoms with Crippen LogP contribution in [0.5, 0.6) is 0 Å². The van der Waals surface area contributed by atoms with E-state index >= 15 is 0 Å². The molecule has 0 saturated heterocycles. The van der Waals surface area contributed by atoms with Gasteiger partial charge in [-0.2, -0.15) is 0 Å². The Balaban J connectivity index is 3.30. The average Bonchev–Trinajstić information content (AvgIpc) is 2.18. The Hall–Kier alpha value is 0. The zero-order valence-corrected chi connectivity index (χ0v) is 10.4. The van der Waals surface area contributed by atoms with Gasteiger partial charge in [0.25, 0.3) is 0 Å². The van der Waals surface area contributed by atoms with Crippen molar-refractivity contribution in [1.82, 2.24) is 0 Å². The maximum atomic E-state index is 3.88. The molecule has 0 heteroatoms. The second-order valence-corrected chi connectivity index (χ2v) is 4.50. The Morgan fingerprint density at radius 3 is 1.86 bits per heavy atom. The number of hydrogen-bond donors (Lipinski definition) is 0.